The average Bonchev–Trinajstić information content (AvgIpc) is 2.19. The first kappa shape index (κ1) is 10.9. The van der Waals surface area contributed by atoms with E-state index in [0.29, 0.717) is 11.1 Å². The maximum atomic E-state index is 6.07. The van der Waals surface area contributed by atoms with E-state index >= 15 is 0 Å². The molecule has 0 N–H and O–H groups in total. The van der Waals surface area contributed by atoms with E-state index < -0.39 is 0 Å². The maximum absolute atomic E-state index is 6.07. The fourth-order valence-electron chi connectivity index (χ4n) is 1.69. The van der Waals surface area contributed by atoms with Gasteiger partial charge in [0, 0.05) is 21.4 Å². The molecule has 0 unspecified atom stereocenters. The number of rotatable bonds is 1. The number of nitrogens with zero attached hydrogens (tertiary/aromatic N) is 1. The van der Waals surface area contributed by atoms with Crippen LogP contribution >= 0.6 is 27.5 Å². The van der Waals surface area contributed by atoms with Crippen molar-refractivity contribution >= 4 is 38.3 Å². The number of benzene rings is 1. The van der Waals surface area contributed by atoms with Crippen LogP contribution in [0.4, 0.5) is 0 Å². The molecule has 78 valence electrons. The van der Waals surface area contributed by atoms with Crippen LogP contribution in [0.3, 0.4) is 0 Å². The van der Waals surface area contributed by atoms with E-state index in [1.54, 1.807) is 0 Å². The van der Waals surface area contributed by atoms with E-state index in [9.17, 15) is 0 Å². The second kappa shape index (κ2) is 4.11. The first-order chi connectivity index (χ1) is 7.11. The van der Waals surface area contributed by atoms with Crippen molar-refractivity contribution in [2.75, 3.05) is 0 Å². The van der Waals surface area contributed by atoms with Gasteiger partial charge in [-0.15, -0.1) is 0 Å². The van der Waals surface area contributed by atoms with E-state index in [1.807, 2.05) is 24.4 Å². The Morgan fingerprint density at radius 1 is 1.33 bits per heavy atom. The van der Waals surface area contributed by atoms with Gasteiger partial charge in [-0.2, -0.15) is 0 Å². The quantitative estimate of drug-likeness (QED) is 0.687. The Labute approximate surface area is 103 Å². The van der Waals surface area contributed by atoms with Gasteiger partial charge < -0.3 is 0 Å². The molecule has 3 heteroatoms. The Bertz CT molecular complexity index is 508. The second-order valence-electron chi connectivity index (χ2n) is 3.82. The molecule has 2 aromatic rings. The van der Waals surface area contributed by atoms with E-state index in [0.717, 1.165) is 9.86 Å². The van der Waals surface area contributed by atoms with Gasteiger partial charge in [-0.05, 0) is 17.5 Å². The lowest BCUT2D eigenvalue weighted by atomic mass is 9.99. The van der Waals surface area contributed by atoms with Crippen LogP contribution in [0.2, 0.25) is 5.15 Å². The lowest BCUT2D eigenvalue weighted by molar-refractivity contribution is 0.868. The smallest absolute Gasteiger partial charge is 0.136 e. The summed E-state index contributed by atoms with van der Waals surface area (Å²) < 4.78 is 1.08. The highest BCUT2D eigenvalue weighted by molar-refractivity contribution is 9.10. The molecular formula is C12H11BrClN. The average molecular weight is 285 g/mol. The van der Waals surface area contributed by atoms with Gasteiger partial charge >= 0.3 is 0 Å². The molecule has 0 radical (unpaired) electrons. The summed E-state index contributed by atoms with van der Waals surface area (Å²) in [4.78, 5) is 4.21. The van der Waals surface area contributed by atoms with Gasteiger partial charge in [-0.1, -0.05) is 53.5 Å². The Morgan fingerprint density at radius 3 is 2.73 bits per heavy atom. The molecule has 1 nitrogen and oxygen atoms in total. The lowest BCUT2D eigenvalue weighted by Gasteiger charge is -2.11. The van der Waals surface area contributed by atoms with E-state index in [4.69, 9.17) is 11.6 Å². The van der Waals surface area contributed by atoms with Gasteiger partial charge in [0.2, 0.25) is 0 Å². The number of hydrogen-bond acceptors (Lipinski definition) is 1. The number of fused-ring (bicyclic) bond motifs is 1. The van der Waals surface area contributed by atoms with Gasteiger partial charge in [0.05, 0.1) is 0 Å². The van der Waals surface area contributed by atoms with Crippen LogP contribution in [0.15, 0.2) is 28.9 Å². The second-order valence-corrected chi connectivity index (χ2v) is 5.03. The largest absolute Gasteiger partial charge is 0.244 e. The summed E-state index contributed by atoms with van der Waals surface area (Å²) in [7, 11) is 0. The molecule has 0 aliphatic carbocycles. The summed E-state index contributed by atoms with van der Waals surface area (Å²) in [5, 5.41) is 2.75. The molecule has 15 heavy (non-hydrogen) atoms. The molecule has 1 aromatic heterocycles. The molecule has 0 fully saturated rings. The molecule has 0 atom stereocenters. The zero-order valence-corrected chi connectivity index (χ0v) is 10.9. The monoisotopic (exact) mass is 283 g/mol. The molecule has 0 bridgehead atoms. The molecule has 0 amide bonds. The van der Waals surface area contributed by atoms with Crippen molar-refractivity contribution in [2.24, 2.45) is 0 Å². The molecular weight excluding hydrogens is 273 g/mol. The standard InChI is InChI=1S/C12H11BrClN/c1-7(2)9-6-15-12(14)8-4-3-5-10(13)11(8)9/h3-7H,1-2H3. The third kappa shape index (κ3) is 1.88. The van der Waals surface area contributed by atoms with Gasteiger partial charge in [0.25, 0.3) is 0 Å². The van der Waals surface area contributed by atoms with Crippen LogP contribution < -0.4 is 0 Å². The van der Waals surface area contributed by atoms with Crippen LogP contribution in [0.25, 0.3) is 10.8 Å². The minimum Gasteiger partial charge on any atom is -0.244 e. The van der Waals surface area contributed by atoms with E-state index in [-0.39, 0.29) is 0 Å². The summed E-state index contributed by atoms with van der Waals surface area (Å²) in [6, 6.07) is 6.01. The minimum absolute atomic E-state index is 0.441. The fraction of sp³-hybridized carbons (Fsp3) is 0.250. The van der Waals surface area contributed by atoms with Crippen molar-refractivity contribution in [3.63, 3.8) is 0 Å². The summed E-state index contributed by atoms with van der Waals surface area (Å²) in [5.41, 5.74) is 1.22. The van der Waals surface area contributed by atoms with Crippen LogP contribution in [0.5, 0.6) is 0 Å². The summed E-state index contributed by atoms with van der Waals surface area (Å²) >= 11 is 9.64. The predicted octanol–water partition coefficient (Wildman–Crippen LogP) is 4.77. The van der Waals surface area contributed by atoms with E-state index in [1.165, 1.54) is 10.9 Å². The summed E-state index contributed by atoms with van der Waals surface area (Å²) in [6.07, 6.45) is 1.86. The fourth-order valence-corrected chi connectivity index (χ4v) is 2.49. The molecule has 0 aliphatic rings. The Kier molecular flexibility index (Phi) is 2.98. The topological polar surface area (TPSA) is 12.9 Å². The first-order valence-electron chi connectivity index (χ1n) is 4.84. The van der Waals surface area contributed by atoms with Crippen LogP contribution in [0.1, 0.15) is 25.3 Å². The number of halogens is 2. The van der Waals surface area contributed by atoms with Crippen molar-refractivity contribution < 1.29 is 0 Å². The predicted molar refractivity (Wildman–Crippen MR) is 68.5 cm³/mol. The highest BCUT2D eigenvalue weighted by Gasteiger charge is 2.11. The highest BCUT2D eigenvalue weighted by Crippen LogP contribution is 2.33. The number of hydrogen-bond donors (Lipinski definition) is 0. The maximum Gasteiger partial charge on any atom is 0.136 e. The molecule has 0 spiro atoms. The van der Waals surface area contributed by atoms with Crippen molar-refractivity contribution in [2.45, 2.75) is 19.8 Å². The lowest BCUT2D eigenvalue weighted by Crippen LogP contribution is -1.93. The van der Waals surface area contributed by atoms with Gasteiger partial charge in [-0.3, -0.25) is 0 Å². The van der Waals surface area contributed by atoms with Crippen molar-refractivity contribution in [1.29, 1.82) is 0 Å². The summed E-state index contributed by atoms with van der Waals surface area (Å²) in [5.74, 6) is 0.441. The number of aromatic nitrogens is 1. The molecule has 0 saturated heterocycles. The van der Waals surface area contributed by atoms with Crippen molar-refractivity contribution in [3.05, 3.63) is 39.6 Å². The Morgan fingerprint density at radius 2 is 2.07 bits per heavy atom. The summed E-state index contributed by atoms with van der Waals surface area (Å²) in [6.45, 7) is 4.31. The van der Waals surface area contributed by atoms with Crippen LogP contribution in [-0.2, 0) is 0 Å². The van der Waals surface area contributed by atoms with Crippen LogP contribution in [-0.4, -0.2) is 4.98 Å². The third-order valence-electron chi connectivity index (χ3n) is 2.46. The molecule has 2 rings (SSSR count). The van der Waals surface area contributed by atoms with Gasteiger partial charge in [0.1, 0.15) is 5.15 Å². The molecule has 1 aromatic carbocycles. The Balaban J connectivity index is 2.90. The molecule has 0 saturated carbocycles. The zero-order chi connectivity index (χ0) is 11.0. The van der Waals surface area contributed by atoms with E-state index in [2.05, 4.69) is 34.8 Å². The minimum atomic E-state index is 0.441. The van der Waals surface area contributed by atoms with Crippen molar-refractivity contribution in [3.8, 4) is 0 Å². The van der Waals surface area contributed by atoms with Crippen LogP contribution in [0, 0.1) is 0 Å². The first-order valence-corrected chi connectivity index (χ1v) is 6.01. The van der Waals surface area contributed by atoms with Crippen molar-refractivity contribution in [1.82, 2.24) is 4.98 Å². The molecule has 1 heterocycles. The molecule has 0 aliphatic heterocycles. The zero-order valence-electron chi connectivity index (χ0n) is 8.59. The third-order valence-corrected chi connectivity index (χ3v) is 3.43. The highest BCUT2D eigenvalue weighted by atomic mass is 79.9. The normalized spacial score (nSPS) is 11.3. The van der Waals surface area contributed by atoms with Gasteiger partial charge in [-0.25, -0.2) is 4.98 Å². The Hall–Kier alpha value is -0.600. The number of pyridine rings is 1. The van der Waals surface area contributed by atoms with Gasteiger partial charge in [0.15, 0.2) is 0 Å². The SMILES string of the molecule is CC(C)c1cnc(Cl)c2cccc(Br)c12.